The Hall–Kier alpha value is -2.63. The first-order chi connectivity index (χ1) is 15.2. The summed E-state index contributed by atoms with van der Waals surface area (Å²) in [7, 11) is 1.71. The van der Waals surface area contributed by atoms with E-state index in [2.05, 4.69) is 41.4 Å². The first kappa shape index (κ1) is 21.6. The maximum absolute atomic E-state index is 13.0. The fraction of sp³-hybridized carbons (Fsp3) is 0.346. The Morgan fingerprint density at radius 2 is 1.84 bits per heavy atom. The fourth-order valence-electron chi connectivity index (χ4n) is 4.27. The zero-order valence-electron chi connectivity index (χ0n) is 18.3. The Balaban J connectivity index is 1.75. The molecule has 31 heavy (non-hydrogen) atoms. The molecule has 0 unspecified atom stereocenters. The van der Waals surface area contributed by atoms with Crippen molar-refractivity contribution in [3.8, 4) is 5.75 Å². The van der Waals surface area contributed by atoms with E-state index in [1.54, 1.807) is 18.4 Å². The van der Waals surface area contributed by atoms with Gasteiger partial charge in [0.2, 0.25) is 0 Å². The zero-order chi connectivity index (χ0) is 21.6. The monoisotopic (exact) mass is 434 g/mol. The second kappa shape index (κ2) is 10.1. The van der Waals surface area contributed by atoms with Crippen molar-refractivity contribution in [2.45, 2.75) is 38.6 Å². The van der Waals surface area contributed by atoms with E-state index in [1.807, 2.05) is 36.4 Å². The van der Waals surface area contributed by atoms with E-state index < -0.39 is 0 Å². The molecule has 2 aromatic carbocycles. The molecular formula is C26H30N2O2S. The zero-order valence-corrected chi connectivity index (χ0v) is 19.1. The lowest BCUT2D eigenvalue weighted by Gasteiger charge is -2.35. The van der Waals surface area contributed by atoms with Crippen molar-refractivity contribution >= 4 is 22.2 Å². The van der Waals surface area contributed by atoms with Gasteiger partial charge in [-0.05, 0) is 68.2 Å². The third-order valence-corrected chi connectivity index (χ3v) is 7.09. The number of aryl methyl sites for hydroxylation is 1. The number of ether oxygens (including phenoxy) is 1. The number of nitrogens with one attached hydrogen (secondary N) is 1. The van der Waals surface area contributed by atoms with Crippen LogP contribution in [0.1, 0.15) is 58.6 Å². The van der Waals surface area contributed by atoms with Crippen LogP contribution in [0.2, 0.25) is 0 Å². The van der Waals surface area contributed by atoms with E-state index in [4.69, 9.17) is 4.74 Å². The molecule has 1 atom stereocenters. The van der Waals surface area contributed by atoms with Crippen LogP contribution >= 0.6 is 11.3 Å². The van der Waals surface area contributed by atoms with Gasteiger partial charge in [0.15, 0.2) is 0 Å². The molecule has 1 aliphatic rings. The van der Waals surface area contributed by atoms with Gasteiger partial charge in [-0.25, -0.2) is 0 Å². The van der Waals surface area contributed by atoms with E-state index in [1.165, 1.54) is 35.3 Å². The number of carbonyl (C=O) groups is 1. The molecule has 4 nitrogen and oxygen atoms in total. The summed E-state index contributed by atoms with van der Waals surface area (Å²) in [6, 6.07) is 20.2. The van der Waals surface area contributed by atoms with Crippen LogP contribution in [0.15, 0.2) is 60.7 Å². The van der Waals surface area contributed by atoms with Gasteiger partial charge in [0.1, 0.15) is 10.8 Å². The molecule has 162 valence electrons. The summed E-state index contributed by atoms with van der Waals surface area (Å²) < 4.78 is 5.52. The predicted octanol–water partition coefficient (Wildman–Crippen LogP) is 6.15. The highest BCUT2D eigenvalue weighted by atomic mass is 32.1. The fourth-order valence-corrected chi connectivity index (χ4v) is 5.30. The maximum Gasteiger partial charge on any atom is 0.256 e. The Labute approximate surface area is 188 Å². The van der Waals surface area contributed by atoms with Gasteiger partial charge >= 0.3 is 0 Å². The van der Waals surface area contributed by atoms with Gasteiger partial charge in [-0.15, -0.1) is 11.3 Å². The summed E-state index contributed by atoms with van der Waals surface area (Å²) in [6.07, 6.45) is 4.64. The third kappa shape index (κ3) is 5.00. The summed E-state index contributed by atoms with van der Waals surface area (Å²) >= 11 is 1.69. The number of carbonyl (C=O) groups excluding carboxylic acids is 1. The topological polar surface area (TPSA) is 41.6 Å². The van der Waals surface area contributed by atoms with Crippen molar-refractivity contribution in [2.24, 2.45) is 0 Å². The Kier molecular flexibility index (Phi) is 7.05. The molecule has 0 aliphatic carbocycles. The first-order valence-electron chi connectivity index (χ1n) is 11.1. The molecule has 1 N–H and O–H groups in total. The molecule has 1 fully saturated rings. The molecule has 0 spiro atoms. The second-order valence-corrected chi connectivity index (χ2v) is 9.08. The number of hydrogen-bond donors (Lipinski definition) is 1. The van der Waals surface area contributed by atoms with Gasteiger partial charge in [0.05, 0.1) is 13.2 Å². The molecule has 1 amide bonds. The normalized spacial score (nSPS) is 15.4. The number of amides is 1. The molecule has 0 radical (unpaired) electrons. The molecule has 3 aromatic rings. The summed E-state index contributed by atoms with van der Waals surface area (Å²) in [4.78, 5) is 16.8. The third-order valence-electron chi connectivity index (χ3n) is 5.88. The van der Waals surface area contributed by atoms with E-state index >= 15 is 0 Å². The van der Waals surface area contributed by atoms with Crippen LogP contribution in [0.4, 0.5) is 5.00 Å². The summed E-state index contributed by atoms with van der Waals surface area (Å²) in [6.45, 7) is 4.29. The number of methoxy groups -OCH3 is 1. The molecule has 0 saturated carbocycles. The number of likely N-dealkylation sites (tertiary alicyclic amines) is 1. The number of hydrogen-bond acceptors (Lipinski definition) is 4. The van der Waals surface area contributed by atoms with E-state index in [9.17, 15) is 4.79 Å². The van der Waals surface area contributed by atoms with Gasteiger partial charge in [0, 0.05) is 16.0 Å². The highest BCUT2D eigenvalue weighted by molar-refractivity contribution is 7.16. The predicted molar refractivity (Wildman–Crippen MR) is 128 cm³/mol. The van der Waals surface area contributed by atoms with E-state index in [0.717, 1.165) is 30.3 Å². The smallest absolute Gasteiger partial charge is 0.256 e. The highest BCUT2D eigenvalue weighted by Gasteiger charge is 2.28. The average molecular weight is 435 g/mol. The molecular weight excluding hydrogens is 404 g/mol. The lowest BCUT2D eigenvalue weighted by atomic mass is 9.95. The van der Waals surface area contributed by atoms with Gasteiger partial charge in [-0.3, -0.25) is 9.69 Å². The van der Waals surface area contributed by atoms with Gasteiger partial charge in [-0.2, -0.15) is 0 Å². The number of anilines is 1. The molecule has 4 rings (SSSR count). The van der Waals surface area contributed by atoms with Crippen molar-refractivity contribution < 1.29 is 9.53 Å². The van der Waals surface area contributed by atoms with Crippen molar-refractivity contribution in [1.29, 1.82) is 0 Å². The SMILES string of the molecule is CCc1cc([C@@H](c2cccc(OC)c2)N2CCCCC2)c(NC(=O)c2ccccc2)s1. The largest absolute Gasteiger partial charge is 0.497 e. The molecule has 0 bridgehead atoms. The minimum Gasteiger partial charge on any atom is -0.497 e. The second-order valence-electron chi connectivity index (χ2n) is 7.95. The van der Waals surface area contributed by atoms with Gasteiger partial charge in [0.25, 0.3) is 5.91 Å². The Morgan fingerprint density at radius 3 is 2.55 bits per heavy atom. The highest BCUT2D eigenvalue weighted by Crippen LogP contribution is 2.41. The number of nitrogens with zero attached hydrogens (tertiary/aromatic N) is 1. The first-order valence-corrected chi connectivity index (χ1v) is 11.9. The molecule has 2 heterocycles. The lowest BCUT2D eigenvalue weighted by molar-refractivity contribution is 0.102. The number of piperidine rings is 1. The van der Waals surface area contributed by atoms with Crippen LogP contribution in [0.5, 0.6) is 5.75 Å². The molecule has 1 aromatic heterocycles. The van der Waals surface area contributed by atoms with Crippen molar-refractivity contribution in [3.05, 3.63) is 82.2 Å². The summed E-state index contributed by atoms with van der Waals surface area (Å²) in [5.74, 6) is 0.801. The Bertz CT molecular complexity index is 1010. The van der Waals surface area contributed by atoms with Crippen LogP contribution in [-0.4, -0.2) is 31.0 Å². The van der Waals surface area contributed by atoms with Crippen LogP contribution in [-0.2, 0) is 6.42 Å². The van der Waals surface area contributed by atoms with Crippen molar-refractivity contribution in [3.63, 3.8) is 0 Å². The minimum absolute atomic E-state index is 0.0608. The number of thiophene rings is 1. The Morgan fingerprint density at radius 1 is 1.06 bits per heavy atom. The average Bonchev–Trinajstić information content (AvgIpc) is 3.23. The molecule has 1 aliphatic heterocycles. The summed E-state index contributed by atoms with van der Waals surface area (Å²) in [5, 5.41) is 4.17. The van der Waals surface area contributed by atoms with Crippen LogP contribution in [0, 0.1) is 0 Å². The van der Waals surface area contributed by atoms with Crippen molar-refractivity contribution in [2.75, 3.05) is 25.5 Å². The molecule has 1 saturated heterocycles. The standard InChI is InChI=1S/C26H30N2O2S/c1-3-22-18-23(26(31-22)27-25(29)19-11-6-4-7-12-19)24(28-15-8-5-9-16-28)20-13-10-14-21(17-20)30-2/h4,6-7,10-14,17-18,24H,3,5,8-9,15-16H2,1-2H3,(H,27,29)/t24-/m1/s1. The summed E-state index contributed by atoms with van der Waals surface area (Å²) in [5.41, 5.74) is 3.06. The van der Waals surface area contributed by atoms with Crippen LogP contribution < -0.4 is 10.1 Å². The minimum atomic E-state index is -0.0608. The van der Waals surface area contributed by atoms with Gasteiger partial charge < -0.3 is 10.1 Å². The lowest BCUT2D eigenvalue weighted by Crippen LogP contribution is -2.34. The van der Waals surface area contributed by atoms with Crippen molar-refractivity contribution in [1.82, 2.24) is 4.90 Å². The molecule has 5 heteroatoms. The van der Waals surface area contributed by atoms with Crippen LogP contribution in [0.25, 0.3) is 0 Å². The van der Waals surface area contributed by atoms with Crippen LogP contribution in [0.3, 0.4) is 0 Å². The quantitative estimate of drug-likeness (QED) is 0.485. The maximum atomic E-state index is 13.0. The van der Waals surface area contributed by atoms with E-state index in [-0.39, 0.29) is 11.9 Å². The van der Waals surface area contributed by atoms with E-state index in [0.29, 0.717) is 5.56 Å². The number of benzene rings is 2. The number of rotatable bonds is 7. The van der Waals surface area contributed by atoms with Gasteiger partial charge in [-0.1, -0.05) is 43.7 Å².